The number of para-hydroxylation sites is 2. The molecule has 3 rings (SSSR count). The third kappa shape index (κ3) is 3.83. The van der Waals surface area contributed by atoms with Gasteiger partial charge in [0.15, 0.2) is 5.82 Å². The largest absolute Gasteiger partial charge is 0.496 e. The Hall–Kier alpha value is -2.93. The second-order valence-electron chi connectivity index (χ2n) is 5.75. The number of methoxy groups -OCH3 is 1. The van der Waals surface area contributed by atoms with Crippen LogP contribution in [0.15, 0.2) is 47.6 Å². The molecule has 0 unspecified atom stereocenters. The average Bonchev–Trinajstić information content (AvgIpc) is 2.99. The maximum atomic E-state index is 5.96. The van der Waals surface area contributed by atoms with Gasteiger partial charge in [0.25, 0.3) is 0 Å². The van der Waals surface area contributed by atoms with E-state index < -0.39 is 0 Å². The third-order valence-corrected chi connectivity index (χ3v) is 4.19. The molecule has 7 heteroatoms. The fraction of sp³-hybridized carbons (Fsp3) is 0.211. The Morgan fingerprint density at radius 3 is 2.62 bits per heavy atom. The van der Waals surface area contributed by atoms with E-state index in [0.717, 1.165) is 28.2 Å². The van der Waals surface area contributed by atoms with E-state index in [1.165, 1.54) is 0 Å². The number of H-pyrrole nitrogens is 1. The summed E-state index contributed by atoms with van der Waals surface area (Å²) in [7, 11) is 1.62. The molecule has 2 aromatic carbocycles. The molecule has 0 amide bonds. The maximum Gasteiger partial charge on any atom is 0.216 e. The zero-order valence-electron chi connectivity index (χ0n) is 14.9. The minimum atomic E-state index is 0.252. The number of nitrogens with zero attached hydrogens (tertiary/aromatic N) is 3. The average molecular weight is 368 g/mol. The second kappa shape index (κ2) is 7.97. The quantitative estimate of drug-likeness (QED) is 0.527. The highest BCUT2D eigenvalue weighted by Crippen LogP contribution is 2.23. The summed E-state index contributed by atoms with van der Waals surface area (Å²) in [6.07, 6.45) is 1.69. The van der Waals surface area contributed by atoms with E-state index in [1.54, 1.807) is 18.0 Å². The molecule has 0 saturated carbocycles. The third-order valence-electron chi connectivity index (χ3n) is 3.92. The van der Waals surface area contributed by atoms with E-state index in [9.17, 15) is 0 Å². The van der Waals surface area contributed by atoms with Gasteiger partial charge in [-0.1, -0.05) is 30.3 Å². The summed E-state index contributed by atoms with van der Waals surface area (Å²) in [6, 6.07) is 13.6. The van der Waals surface area contributed by atoms with Crippen LogP contribution in [0.1, 0.15) is 22.5 Å². The molecular weight excluding hydrogens is 348 g/mol. The molecular formula is C19H20N4O2S. The zero-order chi connectivity index (χ0) is 18.5. The minimum Gasteiger partial charge on any atom is -0.496 e. The summed E-state index contributed by atoms with van der Waals surface area (Å²) in [6.45, 7) is 4.28. The molecule has 0 fully saturated rings. The van der Waals surface area contributed by atoms with Crippen molar-refractivity contribution in [2.45, 2.75) is 20.5 Å². The molecule has 0 saturated heterocycles. The van der Waals surface area contributed by atoms with E-state index in [-0.39, 0.29) is 6.61 Å². The zero-order valence-corrected chi connectivity index (χ0v) is 15.7. The van der Waals surface area contributed by atoms with Gasteiger partial charge in [0.1, 0.15) is 18.1 Å². The van der Waals surface area contributed by atoms with Gasteiger partial charge in [-0.3, -0.25) is 0 Å². The molecule has 3 aromatic rings. The van der Waals surface area contributed by atoms with Crippen molar-refractivity contribution in [2.24, 2.45) is 5.10 Å². The summed E-state index contributed by atoms with van der Waals surface area (Å²) in [5, 5.41) is 11.4. The van der Waals surface area contributed by atoms with E-state index in [4.69, 9.17) is 21.7 Å². The fourth-order valence-electron chi connectivity index (χ4n) is 2.59. The highest BCUT2D eigenvalue weighted by Gasteiger charge is 2.09. The van der Waals surface area contributed by atoms with Gasteiger partial charge in [-0.2, -0.15) is 14.9 Å². The smallest absolute Gasteiger partial charge is 0.216 e. The van der Waals surface area contributed by atoms with Crippen LogP contribution in [-0.2, 0) is 6.61 Å². The number of hydrogen-bond acceptors (Lipinski definition) is 5. The number of aryl methyl sites for hydroxylation is 2. The summed E-state index contributed by atoms with van der Waals surface area (Å²) >= 11 is 5.28. The first-order valence-electron chi connectivity index (χ1n) is 8.13. The standard InChI is InChI=1S/C19H20N4O2S/c1-13-7-6-8-14(2)18(13)25-12-17-21-22-19(26)23(17)20-11-15-9-4-5-10-16(15)24-3/h4-11H,12H2,1-3H3,(H,22,26)/b20-11-. The van der Waals surface area contributed by atoms with Crippen LogP contribution < -0.4 is 9.47 Å². The fourth-order valence-corrected chi connectivity index (χ4v) is 2.79. The molecule has 26 heavy (non-hydrogen) atoms. The van der Waals surface area contributed by atoms with Crippen molar-refractivity contribution >= 4 is 18.4 Å². The molecule has 1 N–H and O–H groups in total. The van der Waals surface area contributed by atoms with Crippen molar-refractivity contribution in [1.82, 2.24) is 14.9 Å². The number of nitrogens with one attached hydrogen (secondary N) is 1. The van der Waals surface area contributed by atoms with Crippen LogP contribution in [0.2, 0.25) is 0 Å². The molecule has 0 bridgehead atoms. The first-order chi connectivity index (χ1) is 12.6. The molecule has 0 aliphatic heterocycles. The highest BCUT2D eigenvalue weighted by molar-refractivity contribution is 7.71. The first kappa shape index (κ1) is 17.9. The van der Waals surface area contributed by atoms with Crippen molar-refractivity contribution in [2.75, 3.05) is 7.11 Å². The number of hydrogen-bond donors (Lipinski definition) is 1. The molecule has 134 valence electrons. The number of ether oxygens (including phenoxy) is 2. The van der Waals surface area contributed by atoms with E-state index >= 15 is 0 Å². The van der Waals surface area contributed by atoms with Gasteiger partial charge in [0.05, 0.1) is 13.3 Å². The molecule has 6 nitrogen and oxygen atoms in total. The molecule has 0 spiro atoms. The van der Waals surface area contributed by atoms with Crippen molar-refractivity contribution in [3.63, 3.8) is 0 Å². The SMILES string of the molecule is COc1ccccc1/C=N\n1c(COc2c(C)cccc2C)n[nH]c1=S. The predicted octanol–water partition coefficient (Wildman–Crippen LogP) is 4.03. The van der Waals surface area contributed by atoms with Gasteiger partial charge in [0.2, 0.25) is 4.77 Å². The predicted molar refractivity (Wildman–Crippen MR) is 104 cm³/mol. The monoisotopic (exact) mass is 368 g/mol. The Balaban J connectivity index is 1.83. The Morgan fingerprint density at radius 1 is 1.15 bits per heavy atom. The van der Waals surface area contributed by atoms with E-state index in [2.05, 4.69) is 15.3 Å². The van der Waals surface area contributed by atoms with Crippen LogP contribution in [0.3, 0.4) is 0 Å². The van der Waals surface area contributed by atoms with E-state index in [1.807, 2.05) is 56.3 Å². The van der Waals surface area contributed by atoms with Crippen molar-refractivity contribution in [1.29, 1.82) is 0 Å². The number of aromatic nitrogens is 3. The highest BCUT2D eigenvalue weighted by atomic mass is 32.1. The molecule has 0 radical (unpaired) electrons. The minimum absolute atomic E-state index is 0.252. The summed E-state index contributed by atoms with van der Waals surface area (Å²) in [5.41, 5.74) is 2.99. The number of rotatable bonds is 6. The lowest BCUT2D eigenvalue weighted by molar-refractivity contribution is 0.287. The van der Waals surface area contributed by atoms with Gasteiger partial charge < -0.3 is 9.47 Å². The van der Waals surface area contributed by atoms with Gasteiger partial charge >= 0.3 is 0 Å². The van der Waals surface area contributed by atoms with Crippen molar-refractivity contribution in [3.8, 4) is 11.5 Å². The van der Waals surface area contributed by atoms with Crippen LogP contribution in [0.5, 0.6) is 11.5 Å². The molecule has 0 aliphatic carbocycles. The Labute approximate surface area is 157 Å². The Kier molecular flexibility index (Phi) is 5.48. The summed E-state index contributed by atoms with van der Waals surface area (Å²) in [5.74, 6) is 2.17. The maximum absolute atomic E-state index is 5.96. The van der Waals surface area contributed by atoms with Gasteiger partial charge in [-0.05, 0) is 49.3 Å². The summed E-state index contributed by atoms with van der Waals surface area (Å²) < 4.78 is 13.2. The Morgan fingerprint density at radius 2 is 1.88 bits per heavy atom. The van der Waals surface area contributed by atoms with Crippen molar-refractivity contribution < 1.29 is 9.47 Å². The normalized spacial score (nSPS) is 11.0. The van der Waals surface area contributed by atoms with Gasteiger partial charge in [0, 0.05) is 5.56 Å². The van der Waals surface area contributed by atoms with Crippen LogP contribution >= 0.6 is 12.2 Å². The summed E-state index contributed by atoms with van der Waals surface area (Å²) in [4.78, 5) is 0. The van der Waals surface area contributed by atoms with Crippen LogP contribution in [0, 0.1) is 18.6 Å². The lowest BCUT2D eigenvalue weighted by Gasteiger charge is -2.11. The lowest BCUT2D eigenvalue weighted by Crippen LogP contribution is -2.06. The first-order valence-corrected chi connectivity index (χ1v) is 8.53. The second-order valence-corrected chi connectivity index (χ2v) is 6.14. The molecule has 0 atom stereocenters. The van der Waals surface area contributed by atoms with Crippen molar-refractivity contribution in [3.05, 3.63) is 69.8 Å². The molecule has 0 aliphatic rings. The molecule has 1 aromatic heterocycles. The lowest BCUT2D eigenvalue weighted by atomic mass is 10.1. The number of benzene rings is 2. The van der Waals surface area contributed by atoms with Gasteiger partial charge in [-0.15, -0.1) is 0 Å². The molecule has 1 heterocycles. The van der Waals surface area contributed by atoms with Gasteiger partial charge in [-0.25, -0.2) is 5.10 Å². The topological polar surface area (TPSA) is 64.4 Å². The Bertz CT molecular complexity index is 971. The number of aromatic amines is 1. The van der Waals surface area contributed by atoms with Crippen LogP contribution in [0.25, 0.3) is 0 Å². The van der Waals surface area contributed by atoms with Crippen LogP contribution in [0.4, 0.5) is 0 Å². The van der Waals surface area contributed by atoms with Crippen LogP contribution in [-0.4, -0.2) is 28.2 Å². The van der Waals surface area contributed by atoms with E-state index in [0.29, 0.717) is 10.6 Å².